The maximum atomic E-state index is 13.2. The molecule has 7 heteroatoms. The van der Waals surface area contributed by atoms with Crippen molar-refractivity contribution in [2.24, 2.45) is 0 Å². The van der Waals surface area contributed by atoms with Gasteiger partial charge in [0.15, 0.2) is 0 Å². The summed E-state index contributed by atoms with van der Waals surface area (Å²) in [4.78, 5) is 1.69. The summed E-state index contributed by atoms with van der Waals surface area (Å²) >= 11 is 0. The van der Waals surface area contributed by atoms with E-state index in [1.54, 1.807) is 30.6 Å². The van der Waals surface area contributed by atoms with E-state index in [2.05, 4.69) is 14.9 Å². The number of nitrogens with one attached hydrogen (secondary N) is 1. The summed E-state index contributed by atoms with van der Waals surface area (Å²) in [6.45, 7) is 0.286. The molecular weight excluding hydrogens is 384 g/mol. The van der Waals surface area contributed by atoms with Gasteiger partial charge in [-0.05, 0) is 28.8 Å². The Labute approximate surface area is 169 Å². The van der Waals surface area contributed by atoms with Crippen LogP contribution in [0.5, 0.6) is 0 Å². The van der Waals surface area contributed by atoms with Crippen molar-refractivity contribution < 1.29 is 8.42 Å². The topological polar surface area (TPSA) is 76.9 Å². The van der Waals surface area contributed by atoms with Gasteiger partial charge in [0.1, 0.15) is 0 Å². The molecule has 0 radical (unpaired) electrons. The van der Waals surface area contributed by atoms with Gasteiger partial charge in [-0.25, -0.2) is 13.1 Å². The van der Waals surface area contributed by atoms with Gasteiger partial charge in [0.25, 0.3) is 0 Å². The van der Waals surface area contributed by atoms with Crippen molar-refractivity contribution in [1.29, 1.82) is 0 Å². The summed E-state index contributed by atoms with van der Waals surface area (Å²) in [5.41, 5.74) is 2.65. The van der Waals surface area contributed by atoms with Crippen molar-refractivity contribution in [3.63, 3.8) is 0 Å². The molecule has 0 saturated heterocycles. The molecule has 0 aliphatic rings. The van der Waals surface area contributed by atoms with E-state index in [9.17, 15) is 8.42 Å². The SMILES string of the molecule is O=S(=O)(NC(Cn1nccn1)c1ccccc1)c1cccc(-c2ccccc2)c1. The second kappa shape index (κ2) is 8.38. The monoisotopic (exact) mass is 404 g/mol. The summed E-state index contributed by atoms with van der Waals surface area (Å²) in [7, 11) is -3.76. The van der Waals surface area contributed by atoms with Crippen LogP contribution in [0.25, 0.3) is 11.1 Å². The quantitative estimate of drug-likeness (QED) is 0.510. The maximum Gasteiger partial charge on any atom is 0.241 e. The molecule has 1 heterocycles. The second-order valence-electron chi connectivity index (χ2n) is 6.56. The van der Waals surface area contributed by atoms with Crippen molar-refractivity contribution in [2.75, 3.05) is 0 Å². The molecule has 146 valence electrons. The smallest absolute Gasteiger partial charge is 0.207 e. The van der Waals surface area contributed by atoms with Gasteiger partial charge < -0.3 is 0 Å². The number of hydrogen-bond donors (Lipinski definition) is 1. The van der Waals surface area contributed by atoms with Crippen molar-refractivity contribution in [2.45, 2.75) is 17.5 Å². The highest BCUT2D eigenvalue weighted by Gasteiger charge is 2.23. The van der Waals surface area contributed by atoms with Gasteiger partial charge in [0.2, 0.25) is 10.0 Å². The highest BCUT2D eigenvalue weighted by atomic mass is 32.2. The molecule has 0 amide bonds. The van der Waals surface area contributed by atoms with E-state index < -0.39 is 16.1 Å². The first-order chi connectivity index (χ1) is 14.1. The minimum atomic E-state index is -3.76. The number of nitrogens with zero attached hydrogens (tertiary/aromatic N) is 3. The zero-order chi connectivity index (χ0) is 20.1. The van der Waals surface area contributed by atoms with Crippen LogP contribution in [0, 0.1) is 0 Å². The average Bonchev–Trinajstić information content (AvgIpc) is 3.28. The van der Waals surface area contributed by atoms with Crippen LogP contribution < -0.4 is 4.72 Å². The number of sulfonamides is 1. The molecule has 6 nitrogen and oxygen atoms in total. The first-order valence-electron chi connectivity index (χ1n) is 9.19. The van der Waals surface area contributed by atoms with Gasteiger partial charge in [0.05, 0.1) is 29.9 Å². The standard InChI is InChI=1S/C22H20N4O2S/c27-29(28,21-13-7-12-20(16-21)18-8-3-1-4-9-18)25-22(17-26-23-14-15-24-26)19-10-5-2-6-11-19/h1-16,22,25H,17H2. The van der Waals surface area contributed by atoms with E-state index in [4.69, 9.17) is 0 Å². The minimum Gasteiger partial charge on any atom is -0.207 e. The normalized spacial score (nSPS) is 12.6. The molecule has 0 saturated carbocycles. The van der Waals surface area contributed by atoms with Gasteiger partial charge in [0, 0.05) is 0 Å². The molecule has 4 aromatic rings. The highest BCUT2D eigenvalue weighted by molar-refractivity contribution is 7.89. The Balaban J connectivity index is 1.65. The Bertz CT molecular complexity index is 1160. The van der Waals surface area contributed by atoms with Gasteiger partial charge in [-0.15, -0.1) is 0 Å². The van der Waals surface area contributed by atoms with Crippen LogP contribution in [-0.2, 0) is 16.6 Å². The van der Waals surface area contributed by atoms with Crippen molar-refractivity contribution in [3.05, 3.63) is 103 Å². The van der Waals surface area contributed by atoms with E-state index in [0.717, 1.165) is 16.7 Å². The number of hydrogen-bond acceptors (Lipinski definition) is 4. The van der Waals surface area contributed by atoms with E-state index in [1.807, 2.05) is 66.7 Å². The number of aromatic nitrogens is 3. The first kappa shape index (κ1) is 19.0. The van der Waals surface area contributed by atoms with Crippen molar-refractivity contribution >= 4 is 10.0 Å². The Morgan fingerprint density at radius 3 is 2.10 bits per heavy atom. The van der Waals surface area contributed by atoms with Crippen molar-refractivity contribution in [3.8, 4) is 11.1 Å². The highest BCUT2D eigenvalue weighted by Crippen LogP contribution is 2.24. The zero-order valence-electron chi connectivity index (χ0n) is 15.6. The summed E-state index contributed by atoms with van der Waals surface area (Å²) in [6, 6.07) is 25.5. The van der Waals surface area contributed by atoms with E-state index in [-0.39, 0.29) is 11.4 Å². The summed E-state index contributed by atoms with van der Waals surface area (Å²) in [5, 5.41) is 8.22. The molecule has 0 bridgehead atoms. The molecular formula is C22H20N4O2S. The fourth-order valence-corrected chi connectivity index (χ4v) is 4.39. The fourth-order valence-electron chi connectivity index (χ4n) is 3.13. The van der Waals surface area contributed by atoms with E-state index >= 15 is 0 Å². The molecule has 29 heavy (non-hydrogen) atoms. The van der Waals surface area contributed by atoms with Crippen LogP contribution in [0.2, 0.25) is 0 Å². The molecule has 0 aliphatic heterocycles. The van der Waals surface area contributed by atoms with Crippen molar-refractivity contribution in [1.82, 2.24) is 19.7 Å². The minimum absolute atomic E-state index is 0.216. The van der Waals surface area contributed by atoms with Crippen LogP contribution in [-0.4, -0.2) is 23.4 Å². The Kier molecular flexibility index (Phi) is 5.50. The Hall–Kier alpha value is -3.29. The molecule has 0 aliphatic carbocycles. The lowest BCUT2D eigenvalue weighted by atomic mass is 10.1. The molecule has 1 N–H and O–H groups in total. The lowest BCUT2D eigenvalue weighted by Crippen LogP contribution is -2.32. The van der Waals surface area contributed by atoms with Crippen LogP contribution in [0.1, 0.15) is 11.6 Å². The molecule has 0 fully saturated rings. The van der Waals surface area contributed by atoms with Gasteiger partial charge in [-0.2, -0.15) is 15.0 Å². The molecule has 4 rings (SSSR count). The first-order valence-corrected chi connectivity index (χ1v) is 10.7. The predicted molar refractivity (Wildman–Crippen MR) is 111 cm³/mol. The summed E-state index contributed by atoms with van der Waals surface area (Å²) in [5.74, 6) is 0. The third kappa shape index (κ3) is 4.59. The third-order valence-electron chi connectivity index (χ3n) is 4.56. The predicted octanol–water partition coefficient (Wildman–Crippen LogP) is 3.66. The van der Waals surface area contributed by atoms with Crippen LogP contribution in [0.15, 0.2) is 102 Å². The molecule has 1 unspecified atom stereocenters. The molecule has 1 aromatic heterocycles. The van der Waals surface area contributed by atoms with Crippen LogP contribution in [0.3, 0.4) is 0 Å². The average molecular weight is 404 g/mol. The van der Waals surface area contributed by atoms with Gasteiger partial charge in [-0.1, -0.05) is 72.8 Å². The van der Waals surface area contributed by atoms with E-state index in [0.29, 0.717) is 0 Å². The van der Waals surface area contributed by atoms with Crippen LogP contribution in [0.4, 0.5) is 0 Å². The molecule has 1 atom stereocenters. The maximum absolute atomic E-state index is 13.2. The lowest BCUT2D eigenvalue weighted by molar-refractivity contribution is 0.444. The second-order valence-corrected chi connectivity index (χ2v) is 8.28. The summed E-state index contributed by atoms with van der Waals surface area (Å²) < 4.78 is 29.1. The van der Waals surface area contributed by atoms with Gasteiger partial charge in [-0.3, -0.25) is 0 Å². The fraction of sp³-hybridized carbons (Fsp3) is 0.0909. The third-order valence-corrected chi connectivity index (χ3v) is 6.03. The molecule has 0 spiro atoms. The number of benzene rings is 3. The zero-order valence-corrected chi connectivity index (χ0v) is 16.4. The summed E-state index contributed by atoms with van der Waals surface area (Å²) in [6.07, 6.45) is 3.14. The lowest BCUT2D eigenvalue weighted by Gasteiger charge is -2.19. The largest absolute Gasteiger partial charge is 0.241 e. The Morgan fingerprint density at radius 1 is 0.793 bits per heavy atom. The molecule has 3 aromatic carbocycles. The Morgan fingerprint density at radius 2 is 1.41 bits per heavy atom. The van der Waals surface area contributed by atoms with E-state index in [1.165, 1.54) is 4.80 Å². The number of rotatable bonds is 7. The van der Waals surface area contributed by atoms with Gasteiger partial charge >= 0.3 is 0 Å². The van der Waals surface area contributed by atoms with Crippen LogP contribution >= 0.6 is 0 Å².